The zero-order valence-electron chi connectivity index (χ0n) is 12.7. The van der Waals surface area contributed by atoms with Crippen molar-refractivity contribution in [1.29, 1.82) is 0 Å². The molecular weight excluding hydrogens is 319 g/mol. The lowest BCUT2D eigenvalue weighted by molar-refractivity contribution is 0.0988. The number of nitrogens with zero attached hydrogens (tertiary/aromatic N) is 4. The molecule has 3 rings (SSSR count). The second-order valence-corrected chi connectivity index (χ2v) is 5.91. The van der Waals surface area contributed by atoms with Crippen molar-refractivity contribution in [2.75, 3.05) is 13.7 Å². The number of hydrogen-bond donors (Lipinski definition) is 0. The lowest BCUT2D eigenvalue weighted by Crippen LogP contribution is -2.20. The van der Waals surface area contributed by atoms with Gasteiger partial charge in [-0.05, 0) is 24.3 Å². The quantitative estimate of drug-likeness (QED) is 0.733. The van der Waals surface area contributed by atoms with E-state index in [0.29, 0.717) is 23.6 Å². The molecule has 0 saturated carbocycles. The molecule has 0 unspecified atom stereocenters. The van der Waals surface area contributed by atoms with Crippen molar-refractivity contribution in [2.24, 2.45) is 12.0 Å². The van der Waals surface area contributed by atoms with Gasteiger partial charge in [-0.25, -0.2) is 4.39 Å². The molecule has 0 atom stereocenters. The number of fused-ring (bicyclic) bond motifs is 1. The fraction of sp³-hybridized carbons (Fsp3) is 0.267. The Balaban J connectivity index is 2.13. The summed E-state index contributed by atoms with van der Waals surface area (Å²) in [5.74, 6) is -0.703. The van der Waals surface area contributed by atoms with E-state index in [1.54, 1.807) is 32.5 Å². The first kappa shape index (κ1) is 15.6. The van der Waals surface area contributed by atoms with E-state index >= 15 is 0 Å². The number of benzene rings is 1. The van der Waals surface area contributed by atoms with Crippen LogP contribution >= 0.6 is 11.3 Å². The van der Waals surface area contributed by atoms with Crippen molar-refractivity contribution >= 4 is 27.5 Å². The van der Waals surface area contributed by atoms with Crippen LogP contribution in [-0.2, 0) is 18.3 Å². The monoisotopic (exact) mass is 334 g/mol. The largest absolute Gasteiger partial charge is 0.383 e. The van der Waals surface area contributed by atoms with Gasteiger partial charge < -0.3 is 9.30 Å². The van der Waals surface area contributed by atoms with Crippen LogP contribution in [0.25, 0.3) is 10.2 Å². The Morgan fingerprint density at radius 3 is 2.96 bits per heavy atom. The summed E-state index contributed by atoms with van der Waals surface area (Å²) in [7, 11) is 3.29. The Labute approximate surface area is 135 Å². The molecule has 8 heteroatoms. The second-order valence-electron chi connectivity index (χ2n) is 4.90. The molecule has 120 valence electrons. The van der Waals surface area contributed by atoms with E-state index in [9.17, 15) is 9.18 Å². The molecule has 0 aliphatic heterocycles. The maximum atomic E-state index is 13.4. The molecule has 0 spiro atoms. The minimum absolute atomic E-state index is 0.317. The summed E-state index contributed by atoms with van der Waals surface area (Å²) >= 11 is 1.27. The number of methoxy groups -OCH3 is 1. The molecule has 1 amide bonds. The van der Waals surface area contributed by atoms with Gasteiger partial charge >= 0.3 is 0 Å². The molecule has 3 aromatic rings. The number of ether oxygens (including phenoxy) is 1. The molecule has 2 heterocycles. The summed E-state index contributed by atoms with van der Waals surface area (Å²) in [5.41, 5.74) is 1.22. The molecule has 0 aliphatic carbocycles. The van der Waals surface area contributed by atoms with E-state index in [-0.39, 0.29) is 11.7 Å². The van der Waals surface area contributed by atoms with E-state index in [4.69, 9.17) is 4.74 Å². The number of carbonyl (C=O) groups is 1. The molecule has 0 bridgehead atoms. The highest BCUT2D eigenvalue weighted by molar-refractivity contribution is 7.16. The number of aryl methyl sites for hydroxylation is 1. The van der Waals surface area contributed by atoms with Crippen molar-refractivity contribution in [3.63, 3.8) is 0 Å². The number of amides is 1. The highest BCUT2D eigenvalue weighted by atomic mass is 32.1. The van der Waals surface area contributed by atoms with E-state index in [1.165, 1.54) is 28.2 Å². The fourth-order valence-electron chi connectivity index (χ4n) is 2.26. The van der Waals surface area contributed by atoms with Gasteiger partial charge in [0.25, 0.3) is 5.91 Å². The molecule has 6 nitrogen and oxygen atoms in total. The van der Waals surface area contributed by atoms with Gasteiger partial charge in [-0.2, -0.15) is 10.1 Å². The van der Waals surface area contributed by atoms with Crippen molar-refractivity contribution in [1.82, 2.24) is 14.3 Å². The van der Waals surface area contributed by atoms with Gasteiger partial charge in [-0.1, -0.05) is 11.3 Å². The summed E-state index contributed by atoms with van der Waals surface area (Å²) in [6, 6.07) is 6.13. The summed E-state index contributed by atoms with van der Waals surface area (Å²) < 4.78 is 22.6. The molecule has 0 N–H and O–H groups in total. The van der Waals surface area contributed by atoms with Gasteiger partial charge in [-0.15, -0.1) is 0 Å². The summed E-state index contributed by atoms with van der Waals surface area (Å²) in [6.07, 6.45) is 1.54. The summed E-state index contributed by atoms with van der Waals surface area (Å²) in [6.45, 7) is 0.996. The first-order chi connectivity index (χ1) is 11.1. The molecular formula is C15H15FN4O2S. The Bertz CT molecular complexity index is 925. The van der Waals surface area contributed by atoms with Crippen LogP contribution in [0.15, 0.2) is 35.5 Å². The van der Waals surface area contributed by atoms with Crippen LogP contribution in [0.1, 0.15) is 10.5 Å². The van der Waals surface area contributed by atoms with Gasteiger partial charge in [0.2, 0.25) is 0 Å². The Hall–Kier alpha value is -2.32. The van der Waals surface area contributed by atoms with Crippen molar-refractivity contribution in [2.45, 2.75) is 6.54 Å². The summed E-state index contributed by atoms with van der Waals surface area (Å²) in [5, 5.41) is 3.97. The van der Waals surface area contributed by atoms with Crippen LogP contribution in [0, 0.1) is 5.82 Å². The molecule has 0 fully saturated rings. The molecule has 1 aromatic carbocycles. The molecule has 23 heavy (non-hydrogen) atoms. The van der Waals surface area contributed by atoms with Crippen molar-refractivity contribution in [3.05, 3.63) is 46.8 Å². The fourth-order valence-corrected chi connectivity index (χ4v) is 3.34. The minimum Gasteiger partial charge on any atom is -0.383 e. The Morgan fingerprint density at radius 2 is 2.26 bits per heavy atom. The number of carbonyl (C=O) groups excluding carboxylic acids is 1. The van der Waals surface area contributed by atoms with Crippen LogP contribution in [-0.4, -0.2) is 34.0 Å². The molecule has 0 aliphatic rings. The average Bonchev–Trinajstić information content (AvgIpc) is 3.08. The first-order valence-corrected chi connectivity index (χ1v) is 7.76. The zero-order valence-corrected chi connectivity index (χ0v) is 13.5. The van der Waals surface area contributed by atoms with Crippen LogP contribution < -0.4 is 4.80 Å². The van der Waals surface area contributed by atoms with Crippen LogP contribution in [0.5, 0.6) is 0 Å². The third kappa shape index (κ3) is 3.08. The lowest BCUT2D eigenvalue weighted by atomic mass is 10.3. The van der Waals surface area contributed by atoms with Crippen LogP contribution in [0.4, 0.5) is 4.39 Å². The lowest BCUT2D eigenvalue weighted by Gasteiger charge is -2.04. The molecule has 2 aromatic heterocycles. The Kier molecular flexibility index (Phi) is 4.35. The normalized spacial score (nSPS) is 12.2. The smallest absolute Gasteiger partial charge is 0.297 e. The maximum Gasteiger partial charge on any atom is 0.297 e. The van der Waals surface area contributed by atoms with Crippen LogP contribution in [0.3, 0.4) is 0 Å². The minimum atomic E-state index is -0.386. The highest BCUT2D eigenvalue weighted by Crippen LogP contribution is 2.18. The predicted molar refractivity (Wildman–Crippen MR) is 84.8 cm³/mol. The number of halogens is 1. The van der Waals surface area contributed by atoms with Crippen LogP contribution in [0.2, 0.25) is 0 Å². The number of rotatable bonds is 4. The molecule has 0 saturated heterocycles. The summed E-state index contributed by atoms with van der Waals surface area (Å²) in [4.78, 5) is 17.0. The first-order valence-electron chi connectivity index (χ1n) is 6.95. The van der Waals surface area contributed by atoms with Gasteiger partial charge in [0, 0.05) is 26.9 Å². The third-order valence-electron chi connectivity index (χ3n) is 3.40. The second kappa shape index (κ2) is 6.43. The average molecular weight is 334 g/mol. The number of hydrogen-bond acceptors (Lipinski definition) is 4. The van der Waals surface area contributed by atoms with E-state index in [1.807, 2.05) is 4.57 Å². The topological polar surface area (TPSA) is 61.4 Å². The SMILES string of the molecule is COCCn1c(=NC(=O)c2ccnn2C)sc2cc(F)ccc21. The molecule has 0 radical (unpaired) electrons. The number of thiazole rings is 1. The van der Waals surface area contributed by atoms with Gasteiger partial charge in [0.15, 0.2) is 4.80 Å². The zero-order chi connectivity index (χ0) is 16.4. The number of aromatic nitrogens is 3. The van der Waals surface area contributed by atoms with E-state index in [2.05, 4.69) is 10.1 Å². The Morgan fingerprint density at radius 1 is 1.43 bits per heavy atom. The predicted octanol–water partition coefficient (Wildman–Crippen LogP) is 1.96. The highest BCUT2D eigenvalue weighted by Gasteiger charge is 2.12. The van der Waals surface area contributed by atoms with Gasteiger partial charge in [0.1, 0.15) is 11.5 Å². The third-order valence-corrected chi connectivity index (χ3v) is 4.44. The standard InChI is InChI=1S/C15H15FN4O2S/c1-19-12(5-6-17-19)14(21)18-15-20(7-8-22-2)11-4-3-10(16)9-13(11)23-15/h3-6,9H,7-8H2,1-2H3. The van der Waals surface area contributed by atoms with Gasteiger partial charge in [-0.3, -0.25) is 9.48 Å². The van der Waals surface area contributed by atoms with E-state index < -0.39 is 0 Å². The van der Waals surface area contributed by atoms with Crippen molar-refractivity contribution in [3.8, 4) is 0 Å². The van der Waals surface area contributed by atoms with Crippen molar-refractivity contribution < 1.29 is 13.9 Å². The van der Waals surface area contributed by atoms with E-state index in [0.717, 1.165) is 10.2 Å². The maximum absolute atomic E-state index is 13.4. The van der Waals surface area contributed by atoms with Gasteiger partial charge in [0.05, 0.1) is 16.8 Å².